The number of carbonyl (C=O) groups excluding carboxylic acids is 1. The summed E-state index contributed by atoms with van der Waals surface area (Å²) in [6.45, 7) is 1.77. The lowest BCUT2D eigenvalue weighted by Gasteiger charge is -2.07. The average molecular weight is 377 g/mol. The van der Waals surface area contributed by atoms with Crippen LogP contribution in [0.15, 0.2) is 59.0 Å². The second kappa shape index (κ2) is 8.05. The van der Waals surface area contributed by atoms with Crippen LogP contribution in [0.25, 0.3) is 0 Å². The van der Waals surface area contributed by atoms with Gasteiger partial charge < -0.3 is 14.5 Å². The molecule has 0 radical (unpaired) electrons. The van der Waals surface area contributed by atoms with Gasteiger partial charge in [-0.2, -0.15) is 5.26 Å². The average Bonchev–Trinajstić information content (AvgIpc) is 3.17. The van der Waals surface area contributed by atoms with E-state index in [2.05, 4.69) is 5.32 Å². The fourth-order valence-electron chi connectivity index (χ4n) is 2.45. The number of nitrogens with one attached hydrogen (secondary N) is 1. The molecule has 0 saturated carbocycles. The quantitative estimate of drug-likeness (QED) is 0.508. The number of carbonyl (C=O) groups is 1. The Bertz CT molecular complexity index is 1080. The van der Waals surface area contributed by atoms with Gasteiger partial charge >= 0.3 is 0 Å². The minimum atomic E-state index is -0.535. The Kier molecular flexibility index (Phi) is 5.37. The Morgan fingerprint density at radius 2 is 2.04 bits per heavy atom. The zero-order chi connectivity index (χ0) is 20.1. The fraction of sp³-hybridized carbons (Fsp3) is 0.100. The molecule has 1 aromatic heterocycles. The summed E-state index contributed by atoms with van der Waals surface area (Å²) in [5.74, 6) is 0.318. The molecular weight excluding hydrogens is 362 g/mol. The lowest BCUT2D eigenvalue weighted by molar-refractivity contribution is -0.384. The predicted molar refractivity (Wildman–Crippen MR) is 100.0 cm³/mol. The SMILES string of the molecule is Cc1ccc([N+](=O)[O-])cc1NC(=O)c1ccc(COc2ccccc2C#N)o1. The van der Waals surface area contributed by atoms with Crippen molar-refractivity contribution in [3.05, 3.63) is 87.4 Å². The summed E-state index contributed by atoms with van der Waals surface area (Å²) in [6.07, 6.45) is 0. The topological polar surface area (TPSA) is 118 Å². The van der Waals surface area contributed by atoms with Gasteiger partial charge in [0.05, 0.1) is 16.2 Å². The zero-order valence-corrected chi connectivity index (χ0v) is 14.8. The summed E-state index contributed by atoms with van der Waals surface area (Å²) in [5.41, 5.74) is 1.29. The highest BCUT2D eigenvalue weighted by atomic mass is 16.6. The van der Waals surface area contributed by atoms with E-state index in [-0.39, 0.29) is 18.1 Å². The maximum atomic E-state index is 12.4. The van der Waals surface area contributed by atoms with Gasteiger partial charge in [0.15, 0.2) is 5.76 Å². The third kappa shape index (κ3) is 4.16. The summed E-state index contributed by atoms with van der Waals surface area (Å²) in [4.78, 5) is 22.7. The second-order valence-corrected chi connectivity index (χ2v) is 5.87. The summed E-state index contributed by atoms with van der Waals surface area (Å²) < 4.78 is 11.0. The van der Waals surface area contributed by atoms with Gasteiger partial charge in [0.2, 0.25) is 0 Å². The Morgan fingerprint density at radius 3 is 2.79 bits per heavy atom. The van der Waals surface area contributed by atoms with Gasteiger partial charge in [0.1, 0.15) is 24.2 Å². The molecule has 3 aromatic rings. The first-order valence-electron chi connectivity index (χ1n) is 8.25. The molecule has 0 aliphatic heterocycles. The van der Waals surface area contributed by atoms with Crippen LogP contribution in [0.3, 0.4) is 0 Å². The fourth-order valence-corrected chi connectivity index (χ4v) is 2.45. The van der Waals surface area contributed by atoms with E-state index in [0.29, 0.717) is 28.3 Å². The molecule has 1 N–H and O–H groups in total. The molecule has 2 aromatic carbocycles. The number of furan rings is 1. The van der Waals surface area contributed by atoms with Crippen LogP contribution in [-0.4, -0.2) is 10.8 Å². The van der Waals surface area contributed by atoms with Crippen LogP contribution >= 0.6 is 0 Å². The number of nitriles is 1. The monoisotopic (exact) mass is 377 g/mol. The van der Waals surface area contributed by atoms with Crippen LogP contribution in [0.4, 0.5) is 11.4 Å². The molecule has 8 heteroatoms. The predicted octanol–water partition coefficient (Wildman–Crippen LogP) is 4.20. The van der Waals surface area contributed by atoms with Crippen LogP contribution in [-0.2, 0) is 6.61 Å². The van der Waals surface area contributed by atoms with Crippen molar-refractivity contribution in [1.29, 1.82) is 5.26 Å². The van der Waals surface area contributed by atoms with Gasteiger partial charge in [-0.25, -0.2) is 0 Å². The van der Waals surface area contributed by atoms with Crippen LogP contribution in [0.2, 0.25) is 0 Å². The van der Waals surface area contributed by atoms with Crippen molar-refractivity contribution in [1.82, 2.24) is 0 Å². The lowest BCUT2D eigenvalue weighted by atomic mass is 10.2. The number of ether oxygens (including phenoxy) is 1. The number of hydrogen-bond acceptors (Lipinski definition) is 6. The minimum Gasteiger partial charge on any atom is -0.484 e. The standard InChI is InChI=1S/C20H15N3O5/c1-13-6-7-15(23(25)26)10-17(13)22-20(24)19-9-8-16(28-19)12-27-18-5-3-2-4-14(18)11-21/h2-10H,12H2,1H3,(H,22,24). The molecule has 8 nitrogen and oxygen atoms in total. The lowest BCUT2D eigenvalue weighted by Crippen LogP contribution is -2.12. The number of amides is 1. The largest absolute Gasteiger partial charge is 0.484 e. The zero-order valence-electron chi connectivity index (χ0n) is 14.8. The van der Waals surface area contributed by atoms with E-state index in [9.17, 15) is 14.9 Å². The molecule has 0 saturated heterocycles. The number of rotatable bonds is 6. The van der Waals surface area contributed by atoms with Crippen LogP contribution in [0, 0.1) is 28.4 Å². The molecule has 0 aliphatic rings. The maximum absolute atomic E-state index is 12.4. The van der Waals surface area contributed by atoms with Crippen LogP contribution < -0.4 is 10.1 Å². The van der Waals surface area contributed by atoms with Gasteiger partial charge in [-0.1, -0.05) is 18.2 Å². The van der Waals surface area contributed by atoms with Crippen molar-refractivity contribution < 1.29 is 18.9 Å². The summed E-state index contributed by atoms with van der Waals surface area (Å²) in [6, 6.07) is 16.1. The number of nitro benzene ring substituents is 1. The Hall–Kier alpha value is -4.12. The Labute approximate surface area is 160 Å². The third-order valence-corrected chi connectivity index (χ3v) is 3.94. The first-order valence-corrected chi connectivity index (χ1v) is 8.25. The molecule has 140 valence electrons. The number of nitrogens with zero attached hydrogens (tertiary/aromatic N) is 2. The minimum absolute atomic E-state index is 0.0399. The van der Waals surface area contributed by atoms with Crippen molar-refractivity contribution in [2.45, 2.75) is 13.5 Å². The normalized spacial score (nSPS) is 10.1. The molecule has 3 rings (SSSR count). The van der Waals surface area contributed by atoms with Gasteiger partial charge in [-0.05, 0) is 36.8 Å². The number of hydrogen-bond donors (Lipinski definition) is 1. The van der Waals surface area contributed by atoms with E-state index < -0.39 is 10.8 Å². The van der Waals surface area contributed by atoms with Gasteiger partial charge in [0.25, 0.3) is 11.6 Å². The highest BCUT2D eigenvalue weighted by molar-refractivity contribution is 6.02. The first kappa shape index (κ1) is 18.7. The summed E-state index contributed by atoms with van der Waals surface area (Å²) >= 11 is 0. The van der Waals surface area contributed by atoms with Crippen molar-refractivity contribution in [3.63, 3.8) is 0 Å². The number of non-ortho nitro benzene ring substituents is 1. The molecule has 28 heavy (non-hydrogen) atoms. The molecule has 0 fully saturated rings. The molecule has 0 unspecified atom stereocenters. The molecule has 0 bridgehead atoms. The molecule has 1 heterocycles. The van der Waals surface area contributed by atoms with E-state index in [1.165, 1.54) is 18.2 Å². The van der Waals surface area contributed by atoms with Crippen LogP contribution in [0.5, 0.6) is 5.75 Å². The van der Waals surface area contributed by atoms with Gasteiger partial charge in [-0.15, -0.1) is 0 Å². The Balaban J connectivity index is 1.68. The number of anilines is 1. The van der Waals surface area contributed by atoms with E-state index in [0.717, 1.165) is 0 Å². The van der Waals surface area contributed by atoms with Gasteiger partial charge in [-0.3, -0.25) is 14.9 Å². The highest BCUT2D eigenvalue weighted by Gasteiger charge is 2.15. The van der Waals surface area contributed by atoms with Crippen molar-refractivity contribution in [2.75, 3.05) is 5.32 Å². The van der Waals surface area contributed by atoms with Crippen LogP contribution in [0.1, 0.15) is 27.4 Å². The number of para-hydroxylation sites is 1. The summed E-state index contributed by atoms with van der Waals surface area (Å²) in [7, 11) is 0. The van der Waals surface area contributed by atoms with Crippen molar-refractivity contribution in [3.8, 4) is 11.8 Å². The third-order valence-electron chi connectivity index (χ3n) is 3.94. The van der Waals surface area contributed by atoms with Gasteiger partial charge in [0, 0.05) is 12.1 Å². The number of benzene rings is 2. The van der Waals surface area contributed by atoms with Crippen molar-refractivity contribution >= 4 is 17.3 Å². The molecule has 0 spiro atoms. The second-order valence-electron chi connectivity index (χ2n) is 5.87. The highest BCUT2D eigenvalue weighted by Crippen LogP contribution is 2.23. The number of nitro groups is 1. The summed E-state index contributed by atoms with van der Waals surface area (Å²) in [5, 5.41) is 22.6. The molecule has 0 aliphatic carbocycles. The van der Waals surface area contributed by atoms with E-state index >= 15 is 0 Å². The molecule has 1 amide bonds. The van der Waals surface area contributed by atoms with E-state index in [1.54, 1.807) is 43.3 Å². The number of aryl methyl sites for hydroxylation is 1. The van der Waals surface area contributed by atoms with E-state index in [4.69, 9.17) is 14.4 Å². The first-order chi connectivity index (χ1) is 13.5. The molecular formula is C20H15N3O5. The molecule has 0 atom stereocenters. The maximum Gasteiger partial charge on any atom is 0.291 e. The van der Waals surface area contributed by atoms with Crippen molar-refractivity contribution in [2.24, 2.45) is 0 Å². The smallest absolute Gasteiger partial charge is 0.291 e. The Morgan fingerprint density at radius 1 is 1.25 bits per heavy atom. The van der Waals surface area contributed by atoms with E-state index in [1.807, 2.05) is 6.07 Å².